The lowest BCUT2D eigenvalue weighted by Gasteiger charge is -2.24. The number of hydrogen-bond donors (Lipinski definition) is 1. The van der Waals surface area contributed by atoms with E-state index in [0.717, 1.165) is 16.7 Å². The summed E-state index contributed by atoms with van der Waals surface area (Å²) in [6.07, 6.45) is 0.412. The lowest BCUT2D eigenvalue weighted by molar-refractivity contribution is 0.0716. The highest BCUT2D eigenvalue weighted by molar-refractivity contribution is 6.30. The van der Waals surface area contributed by atoms with Crippen molar-refractivity contribution >= 4 is 28.5 Å². The molecular formula is C22H20ClNO4. The van der Waals surface area contributed by atoms with E-state index in [1.54, 1.807) is 23.1 Å². The second-order valence-electron chi connectivity index (χ2n) is 7.16. The Morgan fingerprint density at radius 1 is 1.14 bits per heavy atom. The maximum absolute atomic E-state index is 13.4. The molecule has 1 atom stereocenters. The molecule has 0 radical (unpaired) electrons. The van der Waals surface area contributed by atoms with Crippen molar-refractivity contribution in [1.29, 1.82) is 0 Å². The zero-order valence-corrected chi connectivity index (χ0v) is 16.4. The van der Waals surface area contributed by atoms with Gasteiger partial charge in [-0.15, -0.1) is 0 Å². The number of halogens is 1. The van der Waals surface area contributed by atoms with Gasteiger partial charge in [-0.05, 0) is 55.2 Å². The van der Waals surface area contributed by atoms with Gasteiger partial charge in [-0.25, -0.2) is 0 Å². The number of carbonyl (C=O) groups is 1. The van der Waals surface area contributed by atoms with Gasteiger partial charge < -0.3 is 14.4 Å². The first kappa shape index (κ1) is 18.7. The Labute approximate surface area is 167 Å². The van der Waals surface area contributed by atoms with Crippen molar-refractivity contribution in [2.75, 3.05) is 13.2 Å². The highest BCUT2D eigenvalue weighted by Gasteiger charge is 2.42. The van der Waals surface area contributed by atoms with Crippen LogP contribution in [0.25, 0.3) is 11.0 Å². The molecule has 144 valence electrons. The van der Waals surface area contributed by atoms with E-state index in [2.05, 4.69) is 0 Å². The molecule has 0 bridgehead atoms. The number of nitrogens with zero attached hydrogens (tertiary/aromatic N) is 1. The largest absolute Gasteiger partial charge is 0.450 e. The predicted molar refractivity (Wildman–Crippen MR) is 108 cm³/mol. The van der Waals surface area contributed by atoms with E-state index in [1.165, 1.54) is 0 Å². The van der Waals surface area contributed by atoms with E-state index >= 15 is 0 Å². The fourth-order valence-corrected chi connectivity index (χ4v) is 4.06. The molecule has 3 aromatic rings. The number of aliphatic hydroxyl groups is 1. The van der Waals surface area contributed by atoms with Gasteiger partial charge in [0.05, 0.1) is 17.0 Å². The molecule has 1 N–H and O–H groups in total. The van der Waals surface area contributed by atoms with Crippen LogP contribution >= 0.6 is 11.6 Å². The van der Waals surface area contributed by atoms with Gasteiger partial charge >= 0.3 is 0 Å². The van der Waals surface area contributed by atoms with Gasteiger partial charge in [0.2, 0.25) is 5.76 Å². The van der Waals surface area contributed by atoms with Crippen molar-refractivity contribution in [3.63, 3.8) is 0 Å². The van der Waals surface area contributed by atoms with Crippen LogP contribution in [0.3, 0.4) is 0 Å². The summed E-state index contributed by atoms with van der Waals surface area (Å²) in [4.78, 5) is 28.1. The monoisotopic (exact) mass is 397 g/mol. The van der Waals surface area contributed by atoms with Gasteiger partial charge in [-0.1, -0.05) is 29.8 Å². The van der Waals surface area contributed by atoms with Gasteiger partial charge in [0.15, 0.2) is 5.43 Å². The molecule has 0 spiro atoms. The minimum atomic E-state index is -0.562. The molecule has 0 fully saturated rings. The minimum absolute atomic E-state index is 0.0465. The molecule has 5 nitrogen and oxygen atoms in total. The van der Waals surface area contributed by atoms with E-state index in [0.29, 0.717) is 34.5 Å². The Balaban J connectivity index is 2.00. The Kier molecular flexibility index (Phi) is 4.73. The van der Waals surface area contributed by atoms with Gasteiger partial charge in [-0.2, -0.15) is 0 Å². The quantitative estimate of drug-likeness (QED) is 0.722. The van der Waals surface area contributed by atoms with E-state index in [-0.39, 0.29) is 23.7 Å². The molecule has 6 heteroatoms. The highest BCUT2D eigenvalue weighted by atomic mass is 35.5. The maximum atomic E-state index is 13.4. The van der Waals surface area contributed by atoms with E-state index in [9.17, 15) is 14.7 Å². The van der Waals surface area contributed by atoms with Crippen LogP contribution in [0.15, 0.2) is 45.6 Å². The second-order valence-corrected chi connectivity index (χ2v) is 7.60. The number of rotatable bonds is 4. The number of benzene rings is 2. The summed E-state index contributed by atoms with van der Waals surface area (Å²) in [5.41, 5.74) is 3.17. The van der Waals surface area contributed by atoms with Crippen LogP contribution in [0.5, 0.6) is 0 Å². The summed E-state index contributed by atoms with van der Waals surface area (Å²) < 4.78 is 5.99. The molecule has 0 aliphatic carbocycles. The van der Waals surface area contributed by atoms with Crippen molar-refractivity contribution in [1.82, 2.24) is 4.90 Å². The SMILES string of the molecule is Cc1cc(C)c2oc3c(c(=O)c2c1)C(c1ccc(Cl)cc1)N(CCCO)C3=O. The van der Waals surface area contributed by atoms with Gasteiger partial charge in [-0.3, -0.25) is 9.59 Å². The first-order chi connectivity index (χ1) is 13.4. The fraction of sp³-hybridized carbons (Fsp3) is 0.273. The molecule has 0 saturated heterocycles. The van der Waals surface area contributed by atoms with Gasteiger partial charge in [0.25, 0.3) is 5.91 Å². The molecule has 1 unspecified atom stereocenters. The number of carbonyl (C=O) groups excluding carboxylic acids is 1. The van der Waals surface area contributed by atoms with Crippen LogP contribution in [-0.4, -0.2) is 29.1 Å². The van der Waals surface area contributed by atoms with Gasteiger partial charge in [0, 0.05) is 18.2 Å². The number of hydrogen-bond acceptors (Lipinski definition) is 4. The zero-order chi connectivity index (χ0) is 20.0. The molecule has 1 aliphatic rings. The molecule has 1 aliphatic heterocycles. The summed E-state index contributed by atoms with van der Waals surface area (Å²) in [7, 11) is 0. The summed E-state index contributed by atoms with van der Waals surface area (Å²) in [5.74, 6) is -0.246. The molecule has 2 aromatic carbocycles. The minimum Gasteiger partial charge on any atom is -0.450 e. The molecule has 28 heavy (non-hydrogen) atoms. The van der Waals surface area contributed by atoms with Crippen LogP contribution in [0, 0.1) is 13.8 Å². The molecular weight excluding hydrogens is 378 g/mol. The van der Waals surface area contributed by atoms with Crippen LogP contribution in [-0.2, 0) is 0 Å². The summed E-state index contributed by atoms with van der Waals surface area (Å²) in [6, 6.07) is 10.3. The first-order valence-corrected chi connectivity index (χ1v) is 9.55. The van der Waals surface area contributed by atoms with Crippen molar-refractivity contribution in [3.05, 3.63) is 79.7 Å². The molecule has 1 amide bonds. The number of aryl methyl sites for hydroxylation is 2. The number of amides is 1. The average Bonchev–Trinajstić information content (AvgIpc) is 2.94. The third-order valence-electron chi connectivity index (χ3n) is 5.14. The van der Waals surface area contributed by atoms with E-state index in [4.69, 9.17) is 16.0 Å². The molecule has 4 rings (SSSR count). The third kappa shape index (κ3) is 2.91. The van der Waals surface area contributed by atoms with Crippen LogP contribution in [0.4, 0.5) is 0 Å². The number of aliphatic hydroxyl groups excluding tert-OH is 1. The second kappa shape index (κ2) is 7.08. The van der Waals surface area contributed by atoms with Gasteiger partial charge in [0.1, 0.15) is 5.58 Å². The highest BCUT2D eigenvalue weighted by Crippen LogP contribution is 2.39. The van der Waals surface area contributed by atoms with E-state index in [1.807, 2.05) is 32.0 Å². The summed E-state index contributed by atoms with van der Waals surface area (Å²) in [5, 5.41) is 10.3. The molecule has 1 aromatic heterocycles. The summed E-state index contributed by atoms with van der Waals surface area (Å²) >= 11 is 6.02. The van der Waals surface area contributed by atoms with Crippen molar-refractivity contribution < 1.29 is 14.3 Å². The van der Waals surface area contributed by atoms with Crippen molar-refractivity contribution in [3.8, 4) is 0 Å². The Hall–Kier alpha value is -2.63. The normalized spacial score (nSPS) is 16.1. The number of fused-ring (bicyclic) bond motifs is 2. The van der Waals surface area contributed by atoms with Crippen molar-refractivity contribution in [2.45, 2.75) is 26.3 Å². The fourth-order valence-electron chi connectivity index (χ4n) is 3.94. The molecule has 2 heterocycles. The third-order valence-corrected chi connectivity index (χ3v) is 5.39. The average molecular weight is 398 g/mol. The predicted octanol–water partition coefficient (Wildman–Crippen LogP) is 3.99. The Morgan fingerprint density at radius 2 is 1.86 bits per heavy atom. The standard InChI is InChI=1S/C22H20ClNO4/c1-12-10-13(2)20-16(11-12)19(26)17-18(14-4-6-15(23)7-5-14)24(8-3-9-25)22(27)21(17)28-20/h4-7,10-11,18,25H,3,8-9H2,1-2H3. The Morgan fingerprint density at radius 3 is 2.54 bits per heavy atom. The van der Waals surface area contributed by atoms with Crippen LogP contribution in [0.1, 0.15) is 45.3 Å². The lowest BCUT2D eigenvalue weighted by Crippen LogP contribution is -2.31. The lowest BCUT2D eigenvalue weighted by atomic mass is 9.97. The maximum Gasteiger partial charge on any atom is 0.290 e. The van der Waals surface area contributed by atoms with Crippen LogP contribution < -0.4 is 5.43 Å². The molecule has 0 saturated carbocycles. The topological polar surface area (TPSA) is 70.8 Å². The van der Waals surface area contributed by atoms with Crippen molar-refractivity contribution in [2.24, 2.45) is 0 Å². The van der Waals surface area contributed by atoms with E-state index < -0.39 is 6.04 Å². The first-order valence-electron chi connectivity index (χ1n) is 9.17. The smallest absolute Gasteiger partial charge is 0.290 e. The summed E-state index contributed by atoms with van der Waals surface area (Å²) in [6.45, 7) is 4.06. The van der Waals surface area contributed by atoms with Crippen LogP contribution in [0.2, 0.25) is 5.02 Å². The Bertz CT molecular complexity index is 1130. The zero-order valence-electron chi connectivity index (χ0n) is 15.7.